The van der Waals surface area contributed by atoms with E-state index in [1.165, 1.54) is 10.1 Å². The molecule has 2 rings (SSSR count). The van der Waals surface area contributed by atoms with E-state index in [0.29, 0.717) is 0 Å². The van der Waals surface area contributed by atoms with Crippen LogP contribution in [-0.2, 0) is 6.42 Å². The molecule has 2 aromatic rings. The number of allylic oxidation sites excluding steroid dienone is 1. The Bertz CT molecular complexity index is 403. The molecule has 0 saturated heterocycles. The highest BCUT2D eigenvalue weighted by atomic mass is 32.1. The maximum Gasteiger partial charge on any atom is 0.0527 e. The number of hydrogen-bond acceptors (Lipinski definition) is 2. The van der Waals surface area contributed by atoms with Crippen LogP contribution in [-0.4, -0.2) is 4.98 Å². The van der Waals surface area contributed by atoms with Gasteiger partial charge in [0.05, 0.1) is 5.69 Å². The second-order valence-electron chi connectivity index (χ2n) is 2.58. The van der Waals surface area contributed by atoms with Gasteiger partial charge in [-0.3, -0.25) is 4.98 Å². The van der Waals surface area contributed by atoms with Crippen LogP contribution in [0.25, 0.3) is 10.1 Å². The van der Waals surface area contributed by atoms with Crippen LogP contribution in [0, 0.1) is 0 Å². The van der Waals surface area contributed by atoms with Crippen molar-refractivity contribution in [1.82, 2.24) is 4.98 Å². The van der Waals surface area contributed by atoms with E-state index in [1.54, 1.807) is 11.3 Å². The first-order valence-electron chi connectivity index (χ1n) is 3.84. The monoisotopic (exact) mass is 175 g/mol. The lowest BCUT2D eigenvalue weighted by Gasteiger charge is -1.96. The minimum absolute atomic E-state index is 0.855. The van der Waals surface area contributed by atoms with Crippen LogP contribution in [0.3, 0.4) is 0 Å². The summed E-state index contributed by atoms with van der Waals surface area (Å²) in [5, 5.41) is 3.36. The van der Waals surface area contributed by atoms with Crippen LogP contribution in [0.4, 0.5) is 0 Å². The van der Waals surface area contributed by atoms with E-state index in [0.717, 1.165) is 12.1 Å². The van der Waals surface area contributed by atoms with Crippen molar-refractivity contribution >= 4 is 21.4 Å². The highest BCUT2D eigenvalue weighted by molar-refractivity contribution is 7.17. The predicted molar refractivity (Wildman–Crippen MR) is 53.5 cm³/mol. The Morgan fingerprint density at radius 3 is 3.25 bits per heavy atom. The molecule has 0 aromatic carbocycles. The van der Waals surface area contributed by atoms with E-state index in [-0.39, 0.29) is 0 Å². The smallest absolute Gasteiger partial charge is 0.0527 e. The van der Waals surface area contributed by atoms with Gasteiger partial charge in [-0.25, -0.2) is 0 Å². The second-order valence-corrected chi connectivity index (χ2v) is 3.53. The Labute approximate surface area is 75.4 Å². The van der Waals surface area contributed by atoms with Gasteiger partial charge in [0.2, 0.25) is 0 Å². The zero-order valence-corrected chi connectivity index (χ0v) is 7.47. The van der Waals surface area contributed by atoms with Crippen LogP contribution in [0.5, 0.6) is 0 Å². The minimum atomic E-state index is 0.855. The van der Waals surface area contributed by atoms with Gasteiger partial charge in [0.15, 0.2) is 0 Å². The average Bonchev–Trinajstić information content (AvgIpc) is 2.53. The summed E-state index contributed by atoms with van der Waals surface area (Å²) < 4.78 is 1.31. The largest absolute Gasteiger partial charge is 0.260 e. The van der Waals surface area contributed by atoms with Gasteiger partial charge < -0.3 is 0 Å². The molecule has 0 amide bonds. The van der Waals surface area contributed by atoms with E-state index in [4.69, 9.17) is 0 Å². The molecule has 60 valence electrons. The fourth-order valence-electron chi connectivity index (χ4n) is 1.25. The summed E-state index contributed by atoms with van der Waals surface area (Å²) in [5.41, 5.74) is 1.13. The summed E-state index contributed by atoms with van der Waals surface area (Å²) in [6.07, 6.45) is 4.60. The topological polar surface area (TPSA) is 12.9 Å². The Morgan fingerprint density at radius 1 is 1.50 bits per heavy atom. The van der Waals surface area contributed by atoms with E-state index < -0.39 is 0 Å². The van der Waals surface area contributed by atoms with Gasteiger partial charge in [0, 0.05) is 22.7 Å². The molecular weight excluding hydrogens is 166 g/mol. The molecule has 1 nitrogen and oxygen atoms in total. The summed E-state index contributed by atoms with van der Waals surface area (Å²) in [4.78, 5) is 4.30. The number of pyridine rings is 1. The van der Waals surface area contributed by atoms with Gasteiger partial charge in [-0.15, -0.1) is 17.9 Å². The highest BCUT2D eigenvalue weighted by Gasteiger charge is 2.00. The number of fused-ring (bicyclic) bond motifs is 1. The first-order chi connectivity index (χ1) is 5.92. The number of rotatable bonds is 2. The molecule has 0 aliphatic carbocycles. The first kappa shape index (κ1) is 7.50. The van der Waals surface area contributed by atoms with Gasteiger partial charge in [0.25, 0.3) is 0 Å². The molecule has 0 unspecified atom stereocenters. The number of aromatic nitrogens is 1. The average molecular weight is 175 g/mol. The summed E-state index contributed by atoms with van der Waals surface area (Å²) >= 11 is 1.75. The number of nitrogens with zero attached hydrogens (tertiary/aromatic N) is 1. The number of hydrogen-bond donors (Lipinski definition) is 0. The molecule has 0 bridgehead atoms. The van der Waals surface area contributed by atoms with E-state index in [1.807, 2.05) is 18.3 Å². The number of thiophene rings is 1. The van der Waals surface area contributed by atoms with Crippen molar-refractivity contribution in [3.8, 4) is 0 Å². The van der Waals surface area contributed by atoms with Crippen molar-refractivity contribution in [3.63, 3.8) is 0 Å². The van der Waals surface area contributed by atoms with Crippen molar-refractivity contribution in [1.29, 1.82) is 0 Å². The van der Waals surface area contributed by atoms with Crippen molar-refractivity contribution in [2.45, 2.75) is 6.42 Å². The van der Waals surface area contributed by atoms with Crippen LogP contribution in [0.15, 0.2) is 36.4 Å². The van der Waals surface area contributed by atoms with E-state index in [2.05, 4.69) is 23.0 Å². The molecule has 0 atom stereocenters. The van der Waals surface area contributed by atoms with Crippen molar-refractivity contribution < 1.29 is 0 Å². The van der Waals surface area contributed by atoms with E-state index in [9.17, 15) is 0 Å². The Hall–Kier alpha value is -1.15. The van der Waals surface area contributed by atoms with Gasteiger partial charge in [-0.2, -0.15) is 0 Å². The van der Waals surface area contributed by atoms with Crippen LogP contribution < -0.4 is 0 Å². The van der Waals surface area contributed by atoms with Crippen LogP contribution >= 0.6 is 11.3 Å². The second kappa shape index (κ2) is 3.07. The molecule has 0 saturated carbocycles. The maximum atomic E-state index is 4.30. The van der Waals surface area contributed by atoms with Gasteiger partial charge in [0.1, 0.15) is 0 Å². The lowest BCUT2D eigenvalue weighted by atomic mass is 10.2. The van der Waals surface area contributed by atoms with E-state index >= 15 is 0 Å². The molecule has 0 N–H and O–H groups in total. The predicted octanol–water partition coefficient (Wildman–Crippen LogP) is 3.02. The van der Waals surface area contributed by atoms with Crippen LogP contribution in [0.1, 0.15) is 5.69 Å². The molecule has 0 radical (unpaired) electrons. The quantitative estimate of drug-likeness (QED) is 0.639. The normalized spacial score (nSPS) is 10.3. The van der Waals surface area contributed by atoms with Crippen molar-refractivity contribution in [3.05, 3.63) is 42.1 Å². The zero-order valence-electron chi connectivity index (χ0n) is 6.66. The molecule has 0 spiro atoms. The third kappa shape index (κ3) is 1.14. The first-order valence-corrected chi connectivity index (χ1v) is 4.72. The SMILES string of the molecule is C=CCc1nccc2sccc12. The molecule has 0 fully saturated rings. The summed E-state index contributed by atoms with van der Waals surface area (Å²) in [5.74, 6) is 0. The Kier molecular flexibility index (Phi) is 1.92. The third-order valence-electron chi connectivity index (χ3n) is 1.80. The maximum absolute atomic E-state index is 4.30. The molecule has 2 aromatic heterocycles. The lowest BCUT2D eigenvalue weighted by Crippen LogP contribution is -1.85. The molecule has 2 heteroatoms. The Balaban J connectivity index is 2.65. The molecule has 0 aliphatic heterocycles. The zero-order chi connectivity index (χ0) is 8.39. The van der Waals surface area contributed by atoms with Gasteiger partial charge in [-0.1, -0.05) is 6.08 Å². The Morgan fingerprint density at radius 2 is 2.42 bits per heavy atom. The summed E-state index contributed by atoms with van der Waals surface area (Å²) in [6, 6.07) is 4.17. The molecule has 2 heterocycles. The summed E-state index contributed by atoms with van der Waals surface area (Å²) in [7, 11) is 0. The standard InChI is InChI=1S/C10H9NS/c1-2-3-9-8-5-7-12-10(8)4-6-11-9/h2,4-7H,1,3H2. The fraction of sp³-hybridized carbons (Fsp3) is 0.100. The summed E-state index contributed by atoms with van der Waals surface area (Å²) in [6.45, 7) is 3.71. The molecule has 0 aliphatic rings. The lowest BCUT2D eigenvalue weighted by molar-refractivity contribution is 1.14. The minimum Gasteiger partial charge on any atom is -0.260 e. The van der Waals surface area contributed by atoms with Gasteiger partial charge >= 0.3 is 0 Å². The van der Waals surface area contributed by atoms with Gasteiger partial charge in [-0.05, 0) is 17.5 Å². The molecular formula is C10H9NS. The highest BCUT2D eigenvalue weighted by Crippen LogP contribution is 2.22. The fourth-order valence-corrected chi connectivity index (χ4v) is 2.06. The van der Waals surface area contributed by atoms with Crippen LogP contribution in [0.2, 0.25) is 0 Å². The van der Waals surface area contributed by atoms with Crippen molar-refractivity contribution in [2.24, 2.45) is 0 Å². The molecule has 12 heavy (non-hydrogen) atoms. The van der Waals surface area contributed by atoms with Crippen molar-refractivity contribution in [2.75, 3.05) is 0 Å². The third-order valence-corrected chi connectivity index (χ3v) is 2.68.